The first kappa shape index (κ1) is 10.5. The maximum Gasteiger partial charge on any atom is 0.100 e. The van der Waals surface area contributed by atoms with Crippen molar-refractivity contribution in [1.29, 1.82) is 5.26 Å². The highest BCUT2D eigenvalue weighted by Crippen LogP contribution is 2.15. The molecule has 13 heavy (non-hydrogen) atoms. The summed E-state index contributed by atoms with van der Waals surface area (Å²) in [5, 5.41) is 12.0. The first-order chi connectivity index (χ1) is 6.38. The molecular weight excluding hydrogens is 168 g/mol. The van der Waals surface area contributed by atoms with Gasteiger partial charge in [0, 0.05) is 26.2 Å². The minimum atomic E-state index is -0.0855. The number of ether oxygens (including phenoxy) is 2. The van der Waals surface area contributed by atoms with Gasteiger partial charge in [0.15, 0.2) is 0 Å². The molecule has 0 aromatic carbocycles. The van der Waals surface area contributed by atoms with E-state index in [-0.39, 0.29) is 6.04 Å². The number of hydrogen-bond donors (Lipinski definition) is 1. The Morgan fingerprint density at radius 3 is 3.15 bits per heavy atom. The molecule has 2 atom stereocenters. The molecule has 2 unspecified atom stereocenters. The summed E-state index contributed by atoms with van der Waals surface area (Å²) < 4.78 is 10.1. The molecule has 1 aliphatic heterocycles. The third-order valence-corrected chi connectivity index (χ3v) is 2.25. The Morgan fingerprint density at radius 2 is 2.62 bits per heavy atom. The Kier molecular flexibility index (Phi) is 4.76. The van der Waals surface area contributed by atoms with Gasteiger partial charge in [-0.3, -0.25) is 5.32 Å². The Labute approximate surface area is 78.8 Å². The summed E-state index contributed by atoms with van der Waals surface area (Å²) in [7, 11) is 1.65. The summed E-state index contributed by atoms with van der Waals surface area (Å²) in [5.74, 6) is 0.349. The number of hydrogen-bond acceptors (Lipinski definition) is 4. The van der Waals surface area contributed by atoms with Gasteiger partial charge in [-0.2, -0.15) is 5.26 Å². The second-order valence-corrected chi connectivity index (χ2v) is 3.18. The molecular formula is C9H16N2O2. The number of rotatable bonds is 5. The summed E-state index contributed by atoms with van der Waals surface area (Å²) in [5.41, 5.74) is 0. The molecule has 74 valence electrons. The Hall–Kier alpha value is -0.630. The quantitative estimate of drug-likeness (QED) is 0.618. The van der Waals surface area contributed by atoms with Gasteiger partial charge in [-0.15, -0.1) is 0 Å². The third kappa shape index (κ3) is 3.31. The summed E-state index contributed by atoms with van der Waals surface area (Å²) in [6.45, 7) is 2.87. The predicted molar refractivity (Wildman–Crippen MR) is 48.2 cm³/mol. The van der Waals surface area contributed by atoms with Crippen molar-refractivity contribution in [3.63, 3.8) is 0 Å². The van der Waals surface area contributed by atoms with E-state index in [9.17, 15) is 0 Å². The van der Waals surface area contributed by atoms with Gasteiger partial charge in [0.2, 0.25) is 0 Å². The molecule has 0 aromatic heterocycles. The zero-order chi connectivity index (χ0) is 9.52. The van der Waals surface area contributed by atoms with Crippen LogP contribution < -0.4 is 5.32 Å². The number of nitrogens with one attached hydrogen (secondary N) is 1. The fourth-order valence-corrected chi connectivity index (χ4v) is 1.45. The standard InChI is InChI=1S/C9H16N2O2/c1-12-5-3-11-9(6-10)8-2-4-13-7-8/h8-9,11H,2-5,7H2,1H3. The topological polar surface area (TPSA) is 54.3 Å². The second-order valence-electron chi connectivity index (χ2n) is 3.18. The van der Waals surface area contributed by atoms with Gasteiger partial charge in [-0.25, -0.2) is 0 Å². The summed E-state index contributed by atoms with van der Waals surface area (Å²) in [6.07, 6.45) is 0.984. The van der Waals surface area contributed by atoms with Gasteiger partial charge in [0.25, 0.3) is 0 Å². The molecule has 0 radical (unpaired) electrons. The molecule has 1 N–H and O–H groups in total. The molecule has 4 heteroatoms. The first-order valence-electron chi connectivity index (χ1n) is 4.58. The van der Waals surface area contributed by atoms with E-state index in [1.165, 1.54) is 0 Å². The third-order valence-electron chi connectivity index (χ3n) is 2.25. The molecule has 1 saturated heterocycles. The van der Waals surface area contributed by atoms with Crippen molar-refractivity contribution >= 4 is 0 Å². The molecule has 0 aromatic rings. The van der Waals surface area contributed by atoms with Crippen LogP contribution in [0.1, 0.15) is 6.42 Å². The van der Waals surface area contributed by atoms with Crippen LogP contribution in [-0.2, 0) is 9.47 Å². The fraction of sp³-hybridized carbons (Fsp3) is 0.889. The van der Waals surface area contributed by atoms with Crippen LogP contribution >= 0.6 is 0 Å². The lowest BCUT2D eigenvalue weighted by molar-refractivity contribution is 0.175. The van der Waals surface area contributed by atoms with Gasteiger partial charge in [-0.05, 0) is 6.42 Å². The fourth-order valence-electron chi connectivity index (χ4n) is 1.45. The first-order valence-corrected chi connectivity index (χ1v) is 4.58. The Bertz CT molecular complexity index is 173. The lowest BCUT2D eigenvalue weighted by Gasteiger charge is -2.15. The van der Waals surface area contributed by atoms with E-state index in [0.29, 0.717) is 19.1 Å². The van der Waals surface area contributed by atoms with E-state index >= 15 is 0 Å². The monoisotopic (exact) mass is 184 g/mol. The molecule has 1 fully saturated rings. The number of nitriles is 1. The zero-order valence-electron chi connectivity index (χ0n) is 7.95. The van der Waals surface area contributed by atoms with Gasteiger partial charge < -0.3 is 9.47 Å². The smallest absolute Gasteiger partial charge is 0.100 e. The number of nitrogens with zero attached hydrogens (tertiary/aromatic N) is 1. The summed E-state index contributed by atoms with van der Waals surface area (Å²) >= 11 is 0. The normalized spacial score (nSPS) is 24.2. The van der Waals surface area contributed by atoms with Crippen molar-refractivity contribution in [2.45, 2.75) is 12.5 Å². The minimum Gasteiger partial charge on any atom is -0.383 e. The molecule has 0 saturated carbocycles. The van der Waals surface area contributed by atoms with E-state index in [1.807, 2.05) is 0 Å². The molecule has 0 bridgehead atoms. The Morgan fingerprint density at radius 1 is 1.77 bits per heavy atom. The van der Waals surface area contributed by atoms with E-state index < -0.39 is 0 Å². The van der Waals surface area contributed by atoms with Crippen molar-refractivity contribution in [2.24, 2.45) is 5.92 Å². The lowest BCUT2D eigenvalue weighted by Crippen LogP contribution is -2.37. The average Bonchev–Trinajstić information content (AvgIpc) is 2.65. The maximum absolute atomic E-state index is 8.88. The van der Waals surface area contributed by atoms with Crippen LogP contribution in [0.5, 0.6) is 0 Å². The highest BCUT2D eigenvalue weighted by molar-refractivity contribution is 4.95. The minimum absolute atomic E-state index is 0.0855. The molecule has 0 aliphatic carbocycles. The summed E-state index contributed by atoms with van der Waals surface area (Å²) in [6, 6.07) is 2.17. The SMILES string of the molecule is COCCNC(C#N)C1CCOC1. The van der Waals surface area contributed by atoms with Gasteiger partial charge in [0.1, 0.15) is 6.04 Å². The summed E-state index contributed by atoms with van der Waals surface area (Å²) in [4.78, 5) is 0. The van der Waals surface area contributed by atoms with Crippen molar-refractivity contribution < 1.29 is 9.47 Å². The highest BCUT2D eigenvalue weighted by atomic mass is 16.5. The van der Waals surface area contributed by atoms with Crippen LogP contribution in [0, 0.1) is 17.2 Å². The molecule has 0 spiro atoms. The van der Waals surface area contributed by atoms with Crippen molar-refractivity contribution in [2.75, 3.05) is 33.5 Å². The van der Waals surface area contributed by atoms with Crippen molar-refractivity contribution in [3.8, 4) is 6.07 Å². The van der Waals surface area contributed by atoms with E-state index in [0.717, 1.165) is 19.6 Å². The van der Waals surface area contributed by atoms with Crippen LogP contribution in [0.2, 0.25) is 0 Å². The molecule has 1 aliphatic rings. The van der Waals surface area contributed by atoms with E-state index in [2.05, 4.69) is 11.4 Å². The van der Waals surface area contributed by atoms with Gasteiger partial charge in [-0.1, -0.05) is 0 Å². The molecule has 1 rings (SSSR count). The van der Waals surface area contributed by atoms with Crippen LogP contribution in [0.25, 0.3) is 0 Å². The molecule has 1 heterocycles. The number of methoxy groups -OCH3 is 1. The molecule has 4 nitrogen and oxygen atoms in total. The van der Waals surface area contributed by atoms with Crippen LogP contribution in [-0.4, -0.2) is 39.5 Å². The largest absolute Gasteiger partial charge is 0.383 e. The van der Waals surface area contributed by atoms with E-state index in [1.54, 1.807) is 7.11 Å². The lowest BCUT2D eigenvalue weighted by atomic mass is 10.0. The van der Waals surface area contributed by atoms with Crippen LogP contribution in [0.3, 0.4) is 0 Å². The van der Waals surface area contributed by atoms with Crippen LogP contribution in [0.4, 0.5) is 0 Å². The molecule has 0 amide bonds. The van der Waals surface area contributed by atoms with Crippen LogP contribution in [0.15, 0.2) is 0 Å². The van der Waals surface area contributed by atoms with Crippen molar-refractivity contribution in [3.05, 3.63) is 0 Å². The predicted octanol–water partition coefficient (Wildman–Crippen LogP) is 0.151. The average molecular weight is 184 g/mol. The van der Waals surface area contributed by atoms with Gasteiger partial charge in [0.05, 0.1) is 19.3 Å². The second kappa shape index (κ2) is 5.92. The maximum atomic E-state index is 8.88. The van der Waals surface area contributed by atoms with Crippen molar-refractivity contribution in [1.82, 2.24) is 5.32 Å². The highest BCUT2D eigenvalue weighted by Gasteiger charge is 2.24. The zero-order valence-corrected chi connectivity index (χ0v) is 7.95. The Balaban J connectivity index is 2.22. The van der Waals surface area contributed by atoms with E-state index in [4.69, 9.17) is 14.7 Å². The van der Waals surface area contributed by atoms with Gasteiger partial charge >= 0.3 is 0 Å².